The average Bonchev–Trinajstić information content (AvgIpc) is 3.14. The lowest BCUT2D eigenvalue weighted by molar-refractivity contribution is 1.58. The molecule has 0 heterocycles. The maximum Gasteiger partial charge on any atom is -0.00990 e. The lowest BCUT2D eigenvalue weighted by Gasteiger charge is -2.14. The van der Waals surface area contributed by atoms with Gasteiger partial charge in [-0.15, -0.1) is 0 Å². The van der Waals surface area contributed by atoms with Crippen molar-refractivity contribution < 1.29 is 0 Å². The maximum absolute atomic E-state index is 2.34. The van der Waals surface area contributed by atoms with Gasteiger partial charge in [-0.1, -0.05) is 146 Å². The Morgan fingerprint density at radius 3 is 1.20 bits per heavy atom. The van der Waals surface area contributed by atoms with E-state index in [0.29, 0.717) is 0 Å². The van der Waals surface area contributed by atoms with Crippen molar-refractivity contribution in [3.8, 4) is 44.5 Å². The van der Waals surface area contributed by atoms with E-state index in [1.165, 1.54) is 87.6 Å². The summed E-state index contributed by atoms with van der Waals surface area (Å²) in [5.41, 5.74) is 9.80. The van der Waals surface area contributed by atoms with Gasteiger partial charge in [0.25, 0.3) is 0 Å². The van der Waals surface area contributed by atoms with E-state index in [2.05, 4.69) is 182 Å². The van der Waals surface area contributed by atoms with Crippen molar-refractivity contribution in [1.29, 1.82) is 0 Å². The normalized spacial score (nSPS) is 11.5. The fraction of sp³-hybridized carbons (Fsp3) is 0. The molecule has 0 radical (unpaired) electrons. The van der Waals surface area contributed by atoms with Crippen molar-refractivity contribution in [1.82, 2.24) is 0 Å². The molecule has 0 heteroatoms. The number of rotatable bonds is 4. The molecule has 0 spiro atoms. The van der Waals surface area contributed by atoms with Gasteiger partial charge in [-0.2, -0.15) is 0 Å². The van der Waals surface area contributed by atoms with Crippen molar-refractivity contribution in [2.24, 2.45) is 0 Å². The fourth-order valence-corrected chi connectivity index (χ4v) is 7.00. The van der Waals surface area contributed by atoms with E-state index < -0.39 is 0 Å². The van der Waals surface area contributed by atoms with Crippen LogP contribution < -0.4 is 0 Å². The van der Waals surface area contributed by atoms with Gasteiger partial charge in [0.1, 0.15) is 0 Å². The zero-order chi connectivity index (χ0) is 30.5. The molecule has 0 nitrogen and oxygen atoms in total. The van der Waals surface area contributed by atoms with Crippen LogP contribution in [0.3, 0.4) is 0 Å². The van der Waals surface area contributed by atoms with Crippen molar-refractivity contribution in [2.75, 3.05) is 0 Å². The molecule has 0 aliphatic heterocycles. The largest absolute Gasteiger partial charge is 0.0616 e. The summed E-state index contributed by atoms with van der Waals surface area (Å²) >= 11 is 0. The van der Waals surface area contributed by atoms with Crippen LogP contribution in [0.5, 0.6) is 0 Å². The van der Waals surface area contributed by atoms with Crippen LogP contribution in [-0.4, -0.2) is 0 Å². The standard InChI is InChI=1S/C46H30/c1-3-11-35-25-37(23-19-31(35)9-1)41-27-40(28-42(29-41)38-24-20-32-10-2-4-12-36(32)26-38)33-17-21-34(22-18-33)46-30-39-13-5-6-14-43(39)44-15-7-8-16-45(44)46/h1-30H. The molecule has 0 atom stereocenters. The highest BCUT2D eigenvalue weighted by Gasteiger charge is 2.12. The van der Waals surface area contributed by atoms with Crippen LogP contribution in [0.15, 0.2) is 182 Å². The molecule has 0 amide bonds. The fourth-order valence-electron chi connectivity index (χ4n) is 7.00. The molecule has 0 aliphatic carbocycles. The number of hydrogen-bond acceptors (Lipinski definition) is 0. The second-order valence-electron chi connectivity index (χ2n) is 12.2. The predicted molar refractivity (Wildman–Crippen MR) is 198 cm³/mol. The summed E-state index contributed by atoms with van der Waals surface area (Å²) in [5, 5.41) is 10.2. The SMILES string of the molecule is c1ccc2cc(-c3cc(-c4ccc(-c5cc6ccccc6c6ccccc56)cc4)cc(-c4ccc5ccccc5c4)c3)ccc2c1. The Kier molecular flexibility index (Phi) is 6.25. The number of fused-ring (bicyclic) bond motifs is 5. The Morgan fingerprint density at radius 2 is 0.609 bits per heavy atom. The Balaban J connectivity index is 1.19. The van der Waals surface area contributed by atoms with Gasteiger partial charge in [-0.25, -0.2) is 0 Å². The zero-order valence-electron chi connectivity index (χ0n) is 25.3. The van der Waals surface area contributed by atoms with Crippen LogP contribution in [0.2, 0.25) is 0 Å². The molecule has 46 heavy (non-hydrogen) atoms. The molecule has 9 aromatic rings. The summed E-state index contributed by atoms with van der Waals surface area (Å²) in [6.07, 6.45) is 0. The summed E-state index contributed by atoms with van der Waals surface area (Å²) in [6.45, 7) is 0. The third kappa shape index (κ3) is 4.64. The van der Waals surface area contributed by atoms with E-state index in [1.54, 1.807) is 0 Å². The van der Waals surface area contributed by atoms with Crippen LogP contribution in [0.25, 0.3) is 87.6 Å². The highest BCUT2D eigenvalue weighted by molar-refractivity contribution is 6.13. The van der Waals surface area contributed by atoms with E-state index in [4.69, 9.17) is 0 Å². The average molecular weight is 583 g/mol. The Hall–Kier alpha value is -5.98. The van der Waals surface area contributed by atoms with Crippen molar-refractivity contribution in [3.05, 3.63) is 182 Å². The maximum atomic E-state index is 2.34. The van der Waals surface area contributed by atoms with Crippen molar-refractivity contribution in [2.45, 2.75) is 0 Å². The number of hydrogen-bond donors (Lipinski definition) is 0. The minimum absolute atomic E-state index is 1.21. The number of benzene rings is 9. The summed E-state index contributed by atoms with van der Waals surface area (Å²) < 4.78 is 0. The molecule has 0 saturated heterocycles. The molecule has 0 fully saturated rings. The minimum atomic E-state index is 1.21. The third-order valence-electron chi connectivity index (χ3n) is 9.40. The quantitative estimate of drug-likeness (QED) is 0.181. The smallest absolute Gasteiger partial charge is 0.00990 e. The Bertz CT molecular complexity index is 2470. The second kappa shape index (κ2) is 10.9. The van der Waals surface area contributed by atoms with Gasteiger partial charge in [0.05, 0.1) is 0 Å². The molecule has 0 aliphatic rings. The van der Waals surface area contributed by atoms with Crippen LogP contribution in [0, 0.1) is 0 Å². The minimum Gasteiger partial charge on any atom is -0.0616 e. The first-order valence-electron chi connectivity index (χ1n) is 15.9. The van der Waals surface area contributed by atoms with Crippen molar-refractivity contribution in [3.63, 3.8) is 0 Å². The first-order valence-corrected chi connectivity index (χ1v) is 15.9. The van der Waals surface area contributed by atoms with Gasteiger partial charge in [0, 0.05) is 0 Å². The highest BCUT2D eigenvalue weighted by Crippen LogP contribution is 2.38. The first-order chi connectivity index (χ1) is 22.8. The van der Waals surface area contributed by atoms with Crippen LogP contribution in [-0.2, 0) is 0 Å². The lowest BCUT2D eigenvalue weighted by atomic mass is 9.90. The van der Waals surface area contributed by atoms with E-state index in [-0.39, 0.29) is 0 Å². The molecule has 214 valence electrons. The highest BCUT2D eigenvalue weighted by atomic mass is 14.2. The Morgan fingerprint density at radius 1 is 0.196 bits per heavy atom. The molecule has 0 N–H and O–H groups in total. The van der Waals surface area contributed by atoms with Gasteiger partial charge in [-0.3, -0.25) is 0 Å². The molecule has 0 aromatic heterocycles. The molecule has 9 rings (SSSR count). The van der Waals surface area contributed by atoms with Gasteiger partial charge in [0.15, 0.2) is 0 Å². The molecule has 0 saturated carbocycles. The second-order valence-corrected chi connectivity index (χ2v) is 12.2. The first kappa shape index (κ1) is 26.4. The van der Waals surface area contributed by atoms with Gasteiger partial charge < -0.3 is 0 Å². The molecular formula is C46H30. The Labute approximate surface area is 268 Å². The summed E-state index contributed by atoms with van der Waals surface area (Å²) in [5.74, 6) is 0. The van der Waals surface area contributed by atoms with E-state index in [9.17, 15) is 0 Å². The third-order valence-corrected chi connectivity index (χ3v) is 9.40. The molecular weight excluding hydrogens is 553 g/mol. The zero-order valence-corrected chi connectivity index (χ0v) is 25.3. The summed E-state index contributed by atoms with van der Waals surface area (Å²) in [4.78, 5) is 0. The molecule has 0 unspecified atom stereocenters. The van der Waals surface area contributed by atoms with Gasteiger partial charge >= 0.3 is 0 Å². The predicted octanol–water partition coefficient (Wildman–Crippen LogP) is 13.0. The topological polar surface area (TPSA) is 0 Å². The van der Waals surface area contributed by atoms with Crippen LogP contribution >= 0.6 is 0 Å². The monoisotopic (exact) mass is 582 g/mol. The molecule has 0 bridgehead atoms. The molecule has 9 aromatic carbocycles. The van der Waals surface area contributed by atoms with E-state index >= 15 is 0 Å². The summed E-state index contributed by atoms with van der Waals surface area (Å²) in [6, 6.07) is 66.7. The summed E-state index contributed by atoms with van der Waals surface area (Å²) in [7, 11) is 0. The van der Waals surface area contributed by atoms with Gasteiger partial charge in [-0.05, 0) is 124 Å². The van der Waals surface area contributed by atoms with Crippen LogP contribution in [0.1, 0.15) is 0 Å². The van der Waals surface area contributed by atoms with E-state index in [0.717, 1.165) is 0 Å². The van der Waals surface area contributed by atoms with Gasteiger partial charge in [0.2, 0.25) is 0 Å². The lowest BCUT2D eigenvalue weighted by Crippen LogP contribution is -1.88. The van der Waals surface area contributed by atoms with E-state index in [1.807, 2.05) is 0 Å². The van der Waals surface area contributed by atoms with Crippen LogP contribution in [0.4, 0.5) is 0 Å². The van der Waals surface area contributed by atoms with Crippen molar-refractivity contribution >= 4 is 43.1 Å².